The average molecular weight is 444 g/mol. The van der Waals surface area contributed by atoms with Crippen molar-refractivity contribution in [1.29, 1.82) is 0 Å². The molecule has 0 saturated carbocycles. The smallest absolute Gasteiger partial charge is 0.416 e. The molecule has 1 aliphatic rings. The van der Waals surface area contributed by atoms with Gasteiger partial charge in [-0.05, 0) is 61.2 Å². The van der Waals surface area contributed by atoms with Crippen molar-refractivity contribution in [3.63, 3.8) is 0 Å². The van der Waals surface area contributed by atoms with E-state index in [9.17, 15) is 14.7 Å². The second kappa shape index (κ2) is 8.63. The van der Waals surface area contributed by atoms with E-state index in [1.807, 2.05) is 12.1 Å². The lowest BCUT2D eigenvalue weighted by Crippen LogP contribution is -2.37. The molecule has 1 aromatic carbocycles. The summed E-state index contributed by atoms with van der Waals surface area (Å²) in [7, 11) is 0. The summed E-state index contributed by atoms with van der Waals surface area (Å²) < 4.78 is 1.20. The Hall–Kier alpha value is -3.78. The van der Waals surface area contributed by atoms with E-state index in [-0.39, 0.29) is 11.5 Å². The number of carbonyl (C=O) groups is 1. The fourth-order valence-electron chi connectivity index (χ4n) is 4.71. The lowest BCUT2D eigenvalue weighted by molar-refractivity contribution is 0.198. The normalized spacial score (nSPS) is 17.2. The molecule has 5 rings (SSSR count). The van der Waals surface area contributed by atoms with Crippen molar-refractivity contribution in [2.75, 3.05) is 6.54 Å². The van der Waals surface area contributed by atoms with Crippen LogP contribution in [-0.4, -0.2) is 43.5 Å². The van der Waals surface area contributed by atoms with Gasteiger partial charge in [-0.25, -0.2) is 14.5 Å². The summed E-state index contributed by atoms with van der Waals surface area (Å²) in [6, 6.07) is 13.2. The molecule has 3 N–H and O–H groups in total. The number of fused-ring (bicyclic) bond motifs is 1. The fraction of sp³-hybridized carbons (Fsp3) is 0.280. The van der Waals surface area contributed by atoms with E-state index in [4.69, 9.17) is 0 Å². The van der Waals surface area contributed by atoms with Crippen molar-refractivity contribution in [3.8, 4) is 22.5 Å². The van der Waals surface area contributed by atoms with Gasteiger partial charge in [0.1, 0.15) is 0 Å². The number of H-pyrrole nitrogens is 1. The maximum Gasteiger partial charge on any atom is 0.416 e. The van der Waals surface area contributed by atoms with Crippen molar-refractivity contribution in [3.05, 3.63) is 70.8 Å². The summed E-state index contributed by atoms with van der Waals surface area (Å²) in [5.41, 5.74) is 3.08. The van der Waals surface area contributed by atoms with Crippen LogP contribution in [0, 0.1) is 0 Å². The zero-order valence-electron chi connectivity index (χ0n) is 18.3. The number of aromatic amines is 1. The van der Waals surface area contributed by atoms with E-state index in [2.05, 4.69) is 33.5 Å². The minimum Gasteiger partial charge on any atom is -0.464 e. The van der Waals surface area contributed by atoms with Crippen molar-refractivity contribution >= 4 is 17.0 Å². The van der Waals surface area contributed by atoms with Gasteiger partial charge in [-0.2, -0.15) is 5.10 Å². The Labute approximate surface area is 190 Å². The van der Waals surface area contributed by atoms with Crippen molar-refractivity contribution in [2.24, 2.45) is 0 Å². The highest BCUT2D eigenvalue weighted by Crippen LogP contribution is 2.32. The van der Waals surface area contributed by atoms with Gasteiger partial charge >= 0.3 is 6.09 Å². The second-order valence-electron chi connectivity index (χ2n) is 8.54. The Bertz CT molecular complexity index is 1370. The summed E-state index contributed by atoms with van der Waals surface area (Å²) in [5.74, 6) is 0.248. The van der Waals surface area contributed by atoms with Crippen LogP contribution in [0.5, 0.6) is 0 Å². The summed E-state index contributed by atoms with van der Waals surface area (Å²) in [4.78, 5) is 29.0. The van der Waals surface area contributed by atoms with Gasteiger partial charge in [-0.3, -0.25) is 9.78 Å². The molecular weight excluding hydrogens is 418 g/mol. The predicted molar refractivity (Wildman–Crippen MR) is 127 cm³/mol. The first-order valence-corrected chi connectivity index (χ1v) is 11.2. The minimum absolute atomic E-state index is 0.248. The molecule has 2 atom stereocenters. The standard InChI is InChI=1S/C25H25N5O3/c1-15(20-4-2-3-9-27-20)17-5-6-18-13-23(30(25(32)33)22(18)12-17)19-14-21(28-29-24(19)31)16-7-10-26-11-8-16/h5-8,10-15,20,27H,2-4,9H2,1H3,(H,29,31)(H,32,33). The summed E-state index contributed by atoms with van der Waals surface area (Å²) in [6.45, 7) is 3.19. The minimum atomic E-state index is -1.14. The first-order chi connectivity index (χ1) is 16.0. The summed E-state index contributed by atoms with van der Waals surface area (Å²) in [6.07, 6.45) is 5.64. The van der Waals surface area contributed by atoms with Crippen LogP contribution in [-0.2, 0) is 0 Å². The first-order valence-electron chi connectivity index (χ1n) is 11.2. The number of nitrogens with zero attached hydrogens (tertiary/aromatic N) is 3. The number of aromatic nitrogens is 4. The van der Waals surface area contributed by atoms with E-state index in [1.54, 1.807) is 36.7 Å². The number of hydrogen-bond acceptors (Lipinski definition) is 5. The third-order valence-electron chi connectivity index (χ3n) is 6.55. The van der Waals surface area contributed by atoms with E-state index in [0.29, 0.717) is 22.9 Å². The van der Waals surface area contributed by atoms with Crippen molar-refractivity contribution in [1.82, 2.24) is 25.1 Å². The first kappa shape index (κ1) is 21.1. The van der Waals surface area contributed by atoms with Crippen LogP contribution in [0.1, 0.15) is 37.7 Å². The molecule has 8 heteroatoms. The van der Waals surface area contributed by atoms with Crippen molar-refractivity contribution < 1.29 is 9.90 Å². The fourth-order valence-corrected chi connectivity index (χ4v) is 4.71. The molecule has 33 heavy (non-hydrogen) atoms. The lowest BCUT2D eigenvalue weighted by atomic mass is 9.88. The molecule has 3 aromatic heterocycles. The largest absolute Gasteiger partial charge is 0.464 e. The topological polar surface area (TPSA) is 113 Å². The second-order valence-corrected chi connectivity index (χ2v) is 8.54. The highest BCUT2D eigenvalue weighted by Gasteiger charge is 2.23. The Balaban J connectivity index is 1.63. The van der Waals surface area contributed by atoms with E-state index in [1.165, 1.54) is 17.4 Å². The number of rotatable bonds is 4. The van der Waals surface area contributed by atoms with Crippen molar-refractivity contribution in [2.45, 2.75) is 38.1 Å². The van der Waals surface area contributed by atoms with Crippen LogP contribution in [0.3, 0.4) is 0 Å². The number of pyridine rings is 1. The van der Waals surface area contributed by atoms with Crippen LogP contribution in [0.4, 0.5) is 4.79 Å². The van der Waals surface area contributed by atoms with Gasteiger partial charge in [0.15, 0.2) is 0 Å². The van der Waals surface area contributed by atoms with Crippen LogP contribution in [0.15, 0.2) is 59.7 Å². The third-order valence-corrected chi connectivity index (χ3v) is 6.55. The molecule has 4 heterocycles. The number of benzene rings is 1. The van der Waals surface area contributed by atoms with E-state index < -0.39 is 11.7 Å². The molecule has 1 saturated heterocycles. The Morgan fingerprint density at radius 1 is 1.15 bits per heavy atom. The molecule has 0 bridgehead atoms. The van der Waals surface area contributed by atoms with Gasteiger partial charge in [-0.1, -0.05) is 25.5 Å². The van der Waals surface area contributed by atoms with E-state index in [0.717, 1.165) is 29.5 Å². The van der Waals surface area contributed by atoms with E-state index >= 15 is 0 Å². The van der Waals surface area contributed by atoms with Crippen LogP contribution in [0.2, 0.25) is 0 Å². The van der Waals surface area contributed by atoms with Crippen LogP contribution < -0.4 is 10.9 Å². The number of carboxylic acid groups (broad SMARTS) is 1. The molecule has 0 spiro atoms. The SMILES string of the molecule is CC(c1ccc2cc(-c3cc(-c4ccncc4)n[nH]c3=O)n(C(=O)O)c2c1)C1CCCCN1. The van der Waals surface area contributed by atoms with Gasteiger partial charge in [-0.15, -0.1) is 0 Å². The molecular formula is C25H25N5O3. The van der Waals surface area contributed by atoms with Gasteiger partial charge in [0.05, 0.1) is 22.5 Å². The molecule has 2 unspecified atom stereocenters. The predicted octanol–water partition coefficient (Wildman–Crippen LogP) is 4.23. The Kier molecular flexibility index (Phi) is 5.51. The maximum absolute atomic E-state index is 12.7. The Morgan fingerprint density at radius 3 is 2.70 bits per heavy atom. The molecule has 1 aliphatic heterocycles. The molecule has 1 fully saturated rings. The molecule has 168 valence electrons. The highest BCUT2D eigenvalue weighted by atomic mass is 16.4. The number of piperidine rings is 1. The number of nitrogens with one attached hydrogen (secondary N) is 2. The molecule has 0 amide bonds. The lowest BCUT2D eigenvalue weighted by Gasteiger charge is -2.29. The molecule has 0 radical (unpaired) electrons. The van der Waals surface area contributed by atoms with Gasteiger partial charge in [0.25, 0.3) is 5.56 Å². The number of hydrogen-bond donors (Lipinski definition) is 3. The third kappa shape index (κ3) is 3.93. The molecule has 8 nitrogen and oxygen atoms in total. The zero-order chi connectivity index (χ0) is 22.9. The Morgan fingerprint density at radius 2 is 1.97 bits per heavy atom. The quantitative estimate of drug-likeness (QED) is 0.435. The summed E-state index contributed by atoms with van der Waals surface area (Å²) >= 11 is 0. The summed E-state index contributed by atoms with van der Waals surface area (Å²) in [5, 5.41) is 21.1. The maximum atomic E-state index is 12.7. The van der Waals surface area contributed by atoms with Gasteiger partial charge < -0.3 is 10.4 Å². The van der Waals surface area contributed by atoms with Gasteiger partial charge in [0, 0.05) is 29.4 Å². The zero-order valence-corrected chi connectivity index (χ0v) is 18.3. The van der Waals surface area contributed by atoms with Crippen LogP contribution >= 0.6 is 0 Å². The molecule has 0 aliphatic carbocycles. The van der Waals surface area contributed by atoms with Crippen LogP contribution in [0.25, 0.3) is 33.4 Å². The highest BCUT2D eigenvalue weighted by molar-refractivity contribution is 5.96. The monoisotopic (exact) mass is 443 g/mol. The average Bonchev–Trinajstić information content (AvgIpc) is 3.24. The van der Waals surface area contributed by atoms with Gasteiger partial charge in [0.2, 0.25) is 0 Å². The molecule has 4 aromatic rings.